The maximum Gasteiger partial charge on any atom is 0.407 e. The van der Waals surface area contributed by atoms with E-state index in [1.54, 1.807) is 25.4 Å². The van der Waals surface area contributed by atoms with Crippen LogP contribution in [0.15, 0.2) is 55.1 Å². The SMILES string of the molecule is CC(C(=O)Nc1cc(-c2ncnc3ncn(C)c23)cc(C#Cc2ccccc2)n1)N(CC(C)(C)C)C(=O)O. The molecule has 10 heteroatoms. The molecule has 4 aromatic rings. The molecule has 3 aromatic heterocycles. The molecule has 0 saturated heterocycles. The Morgan fingerprint density at radius 1 is 1.11 bits per heavy atom. The van der Waals surface area contributed by atoms with Crippen LogP contribution in [0.2, 0.25) is 0 Å². The van der Waals surface area contributed by atoms with Gasteiger partial charge in [0, 0.05) is 24.7 Å². The molecule has 0 aliphatic carbocycles. The lowest BCUT2D eigenvalue weighted by Crippen LogP contribution is -2.48. The number of hydrogen-bond donors (Lipinski definition) is 2. The smallest absolute Gasteiger partial charge is 0.407 e. The molecule has 0 spiro atoms. The van der Waals surface area contributed by atoms with Crippen LogP contribution < -0.4 is 5.32 Å². The summed E-state index contributed by atoms with van der Waals surface area (Å²) in [7, 11) is 1.85. The van der Waals surface area contributed by atoms with Gasteiger partial charge in [0.15, 0.2) is 5.65 Å². The predicted molar refractivity (Wildman–Crippen MR) is 144 cm³/mol. The number of fused-ring (bicyclic) bond motifs is 1. The molecule has 2 amide bonds. The Morgan fingerprint density at radius 3 is 2.53 bits per heavy atom. The second kappa shape index (κ2) is 10.7. The van der Waals surface area contributed by atoms with E-state index >= 15 is 0 Å². The average Bonchev–Trinajstić information content (AvgIpc) is 3.26. The van der Waals surface area contributed by atoms with Crippen LogP contribution in [-0.4, -0.2) is 59.1 Å². The van der Waals surface area contributed by atoms with E-state index in [0.717, 1.165) is 10.5 Å². The summed E-state index contributed by atoms with van der Waals surface area (Å²) in [4.78, 5) is 43.7. The molecule has 3 heterocycles. The zero-order chi connectivity index (χ0) is 27.4. The summed E-state index contributed by atoms with van der Waals surface area (Å²) in [5, 5.41) is 12.5. The minimum atomic E-state index is -1.17. The maximum atomic E-state index is 13.2. The normalized spacial score (nSPS) is 11.9. The molecule has 1 aromatic carbocycles. The van der Waals surface area contributed by atoms with Crippen molar-refractivity contribution < 1.29 is 14.7 Å². The Bertz CT molecular complexity index is 1550. The van der Waals surface area contributed by atoms with Crippen molar-refractivity contribution in [2.75, 3.05) is 11.9 Å². The molecule has 0 aliphatic rings. The van der Waals surface area contributed by atoms with Crippen molar-refractivity contribution in [2.45, 2.75) is 33.7 Å². The number of nitrogens with zero attached hydrogens (tertiary/aromatic N) is 6. The average molecular weight is 512 g/mol. The van der Waals surface area contributed by atoms with Crippen LogP contribution in [0.25, 0.3) is 22.4 Å². The summed E-state index contributed by atoms with van der Waals surface area (Å²) in [6.07, 6.45) is 1.91. The molecule has 10 nitrogen and oxygen atoms in total. The van der Waals surface area contributed by atoms with Gasteiger partial charge in [-0.05, 0) is 42.5 Å². The number of anilines is 1. The van der Waals surface area contributed by atoms with Gasteiger partial charge in [0.05, 0.1) is 12.0 Å². The molecule has 0 radical (unpaired) electrons. The number of carboxylic acid groups (broad SMARTS) is 1. The number of carbonyl (C=O) groups is 2. The van der Waals surface area contributed by atoms with Crippen LogP contribution in [0.3, 0.4) is 0 Å². The first-order valence-corrected chi connectivity index (χ1v) is 12.0. The molecular formula is C28H29N7O3. The van der Waals surface area contributed by atoms with E-state index in [2.05, 4.69) is 37.1 Å². The van der Waals surface area contributed by atoms with Gasteiger partial charge in [-0.2, -0.15) is 0 Å². The van der Waals surface area contributed by atoms with E-state index in [1.165, 1.54) is 6.33 Å². The van der Waals surface area contributed by atoms with E-state index in [4.69, 9.17) is 0 Å². The molecule has 0 bridgehead atoms. The molecular weight excluding hydrogens is 482 g/mol. The van der Waals surface area contributed by atoms with Crippen molar-refractivity contribution >= 4 is 29.0 Å². The predicted octanol–water partition coefficient (Wildman–Crippen LogP) is 4.18. The van der Waals surface area contributed by atoms with Crippen LogP contribution in [0.4, 0.5) is 10.6 Å². The number of rotatable bonds is 5. The zero-order valence-electron chi connectivity index (χ0n) is 21.9. The molecule has 0 saturated carbocycles. The fraction of sp³-hybridized carbons (Fsp3) is 0.286. The molecule has 1 unspecified atom stereocenters. The largest absolute Gasteiger partial charge is 0.465 e. The Labute approximate surface area is 220 Å². The Kier molecular flexibility index (Phi) is 7.39. The number of carbonyl (C=O) groups excluding carboxylic acids is 1. The molecule has 4 rings (SSSR count). The summed E-state index contributed by atoms with van der Waals surface area (Å²) in [6.45, 7) is 7.49. The molecule has 2 N–H and O–H groups in total. The number of aromatic nitrogens is 5. The number of aryl methyl sites for hydroxylation is 1. The van der Waals surface area contributed by atoms with E-state index in [9.17, 15) is 14.7 Å². The number of amides is 2. The standard InChI is InChI=1S/C28H29N7O3/c1-18(35(27(37)38)15-28(2,3)4)26(36)33-22-14-20(23-24-25(30-16-29-23)31-17-34(24)5)13-21(32-22)12-11-19-9-7-6-8-10-19/h6-10,13-14,16-18H,15H2,1-5H3,(H,37,38)(H,32,33,36). The number of benzene rings is 1. The first-order chi connectivity index (χ1) is 18.0. The monoisotopic (exact) mass is 511 g/mol. The van der Waals surface area contributed by atoms with Crippen LogP contribution in [0, 0.1) is 17.3 Å². The van der Waals surface area contributed by atoms with Gasteiger partial charge in [-0.25, -0.2) is 24.7 Å². The first kappa shape index (κ1) is 26.3. The van der Waals surface area contributed by atoms with E-state index in [1.807, 2.05) is 62.7 Å². The van der Waals surface area contributed by atoms with Crippen molar-refractivity contribution in [3.63, 3.8) is 0 Å². The van der Waals surface area contributed by atoms with E-state index in [0.29, 0.717) is 28.1 Å². The third-order valence-electron chi connectivity index (χ3n) is 5.70. The van der Waals surface area contributed by atoms with Gasteiger partial charge in [-0.1, -0.05) is 44.9 Å². The third-order valence-corrected chi connectivity index (χ3v) is 5.70. The number of pyridine rings is 1. The van der Waals surface area contributed by atoms with E-state index in [-0.39, 0.29) is 17.8 Å². The van der Waals surface area contributed by atoms with Gasteiger partial charge >= 0.3 is 6.09 Å². The molecule has 0 aliphatic heterocycles. The molecule has 0 fully saturated rings. The third kappa shape index (κ3) is 6.13. The first-order valence-electron chi connectivity index (χ1n) is 12.0. The Balaban J connectivity index is 1.74. The van der Waals surface area contributed by atoms with Gasteiger partial charge in [-0.15, -0.1) is 0 Å². The highest BCUT2D eigenvalue weighted by Crippen LogP contribution is 2.27. The van der Waals surface area contributed by atoms with Gasteiger partial charge in [0.25, 0.3) is 0 Å². The molecule has 194 valence electrons. The highest BCUT2D eigenvalue weighted by molar-refractivity contribution is 5.96. The second-order valence-electron chi connectivity index (χ2n) is 10.1. The summed E-state index contributed by atoms with van der Waals surface area (Å²) in [6, 6.07) is 12.0. The number of hydrogen-bond acceptors (Lipinski definition) is 6. The lowest BCUT2D eigenvalue weighted by molar-refractivity contribution is -0.120. The fourth-order valence-electron chi connectivity index (χ4n) is 3.91. The summed E-state index contributed by atoms with van der Waals surface area (Å²) in [5.41, 5.74) is 3.40. The van der Waals surface area contributed by atoms with Crippen molar-refractivity contribution in [2.24, 2.45) is 12.5 Å². The van der Waals surface area contributed by atoms with Crippen LogP contribution in [0.5, 0.6) is 0 Å². The van der Waals surface area contributed by atoms with Crippen LogP contribution >= 0.6 is 0 Å². The highest BCUT2D eigenvalue weighted by atomic mass is 16.4. The fourth-order valence-corrected chi connectivity index (χ4v) is 3.91. The van der Waals surface area contributed by atoms with Gasteiger partial charge in [0.1, 0.15) is 29.4 Å². The molecule has 38 heavy (non-hydrogen) atoms. The van der Waals surface area contributed by atoms with Gasteiger partial charge in [0.2, 0.25) is 5.91 Å². The highest BCUT2D eigenvalue weighted by Gasteiger charge is 2.29. The minimum Gasteiger partial charge on any atom is -0.465 e. The second-order valence-corrected chi connectivity index (χ2v) is 10.1. The Hall–Kier alpha value is -4.78. The zero-order valence-corrected chi connectivity index (χ0v) is 21.9. The topological polar surface area (TPSA) is 126 Å². The Morgan fingerprint density at radius 2 is 1.84 bits per heavy atom. The molecule has 1 atom stereocenters. The van der Waals surface area contributed by atoms with Crippen LogP contribution in [-0.2, 0) is 11.8 Å². The summed E-state index contributed by atoms with van der Waals surface area (Å²) < 4.78 is 1.82. The number of imidazole rings is 1. The lowest BCUT2D eigenvalue weighted by atomic mass is 9.95. The van der Waals surface area contributed by atoms with Crippen LogP contribution in [0.1, 0.15) is 39.0 Å². The maximum absolute atomic E-state index is 13.2. The summed E-state index contributed by atoms with van der Waals surface area (Å²) >= 11 is 0. The number of nitrogens with one attached hydrogen (secondary N) is 1. The lowest BCUT2D eigenvalue weighted by Gasteiger charge is -2.31. The van der Waals surface area contributed by atoms with Gasteiger partial charge < -0.3 is 15.0 Å². The van der Waals surface area contributed by atoms with Crippen molar-refractivity contribution in [3.8, 4) is 23.1 Å². The summed E-state index contributed by atoms with van der Waals surface area (Å²) in [5.74, 6) is 5.87. The van der Waals surface area contributed by atoms with Crippen molar-refractivity contribution in [3.05, 3.63) is 66.4 Å². The quantitative estimate of drug-likeness (QED) is 0.385. The van der Waals surface area contributed by atoms with E-state index < -0.39 is 18.0 Å². The van der Waals surface area contributed by atoms with Crippen molar-refractivity contribution in [1.82, 2.24) is 29.4 Å². The van der Waals surface area contributed by atoms with Crippen molar-refractivity contribution in [1.29, 1.82) is 0 Å². The van der Waals surface area contributed by atoms with Gasteiger partial charge in [-0.3, -0.25) is 9.69 Å². The minimum absolute atomic E-state index is 0.192.